The third kappa shape index (κ3) is 12.4. The van der Waals surface area contributed by atoms with Gasteiger partial charge in [-0.1, -0.05) is 30.3 Å². The van der Waals surface area contributed by atoms with Gasteiger partial charge in [0.2, 0.25) is 17.7 Å². The lowest BCUT2D eigenvalue weighted by atomic mass is 10.1. The van der Waals surface area contributed by atoms with Crippen LogP contribution in [0.25, 0.3) is 0 Å². The van der Waals surface area contributed by atoms with Gasteiger partial charge < -0.3 is 43.4 Å². The van der Waals surface area contributed by atoms with Crippen molar-refractivity contribution in [2.45, 2.75) is 56.3 Å². The molecule has 1 aromatic rings. The van der Waals surface area contributed by atoms with Crippen molar-refractivity contribution in [2.75, 3.05) is 12.3 Å². The molecule has 3 amide bonds. The van der Waals surface area contributed by atoms with Gasteiger partial charge >= 0.3 is 11.9 Å². The molecule has 4 unspecified atom stereocenters. The highest BCUT2D eigenvalue weighted by Crippen LogP contribution is 2.06. The van der Waals surface area contributed by atoms with Crippen LogP contribution in [0.15, 0.2) is 35.3 Å². The van der Waals surface area contributed by atoms with Crippen molar-refractivity contribution in [3.63, 3.8) is 0 Å². The van der Waals surface area contributed by atoms with Gasteiger partial charge in [-0.3, -0.25) is 24.2 Å². The Morgan fingerprint density at radius 3 is 2.00 bits per heavy atom. The van der Waals surface area contributed by atoms with Gasteiger partial charge in [-0.15, -0.1) is 0 Å². The number of carboxylic acids is 2. The Bertz CT molecular complexity index is 990. The quantitative estimate of drug-likeness (QED) is 0.0441. The van der Waals surface area contributed by atoms with Crippen LogP contribution in [-0.2, 0) is 30.4 Å². The van der Waals surface area contributed by atoms with E-state index in [1.807, 2.05) is 0 Å². The third-order valence-electron chi connectivity index (χ3n) is 5.30. The molecule has 1 rings (SSSR count). The molecule has 1 aromatic carbocycles. The zero-order valence-electron chi connectivity index (χ0n) is 20.7. The highest BCUT2D eigenvalue weighted by molar-refractivity contribution is 7.80. The molecular weight excluding hydrogens is 518 g/mol. The Kier molecular flexibility index (Phi) is 14.2. The first kappa shape index (κ1) is 32.2. The number of carbonyl (C=O) groups is 5. The van der Waals surface area contributed by atoms with Crippen molar-refractivity contribution in [2.24, 2.45) is 22.2 Å². The van der Waals surface area contributed by atoms with Crippen molar-refractivity contribution >= 4 is 48.2 Å². The number of aliphatic imine (C=N–C) groups is 1. The standard InChI is InChI=1S/C23H35N7O7S/c24-14(8-9-18(31)32)19(33)28-15(7-4-10-27-23(25)26)20(34)30-17(12-38)21(35)29-16(22(36)37)11-13-5-2-1-3-6-13/h1-3,5-6,14-17,38H,4,7-12,24H2,(H,28,33)(H,29,35)(H,30,34)(H,31,32)(H,36,37)(H4,25,26,27). The zero-order valence-corrected chi connectivity index (χ0v) is 21.6. The van der Waals surface area contributed by atoms with E-state index in [0.717, 1.165) is 0 Å². The zero-order chi connectivity index (χ0) is 28.7. The van der Waals surface area contributed by atoms with Gasteiger partial charge in [0, 0.05) is 25.1 Å². The second-order valence-corrected chi connectivity index (χ2v) is 8.75. The molecule has 0 aliphatic carbocycles. The largest absolute Gasteiger partial charge is 0.481 e. The van der Waals surface area contributed by atoms with Gasteiger partial charge in [0.25, 0.3) is 0 Å². The topological polar surface area (TPSA) is 252 Å². The lowest BCUT2D eigenvalue weighted by Crippen LogP contribution is -2.57. The number of nitrogens with zero attached hydrogens (tertiary/aromatic N) is 1. The SMILES string of the molecule is NC(N)=NCCCC(NC(=O)C(N)CCC(=O)O)C(=O)NC(CS)C(=O)NC(Cc1ccccc1)C(=O)O. The van der Waals surface area contributed by atoms with E-state index < -0.39 is 53.8 Å². The summed E-state index contributed by atoms with van der Waals surface area (Å²) in [4.78, 5) is 64.6. The van der Waals surface area contributed by atoms with Crippen LogP contribution in [0.2, 0.25) is 0 Å². The Morgan fingerprint density at radius 2 is 1.45 bits per heavy atom. The summed E-state index contributed by atoms with van der Waals surface area (Å²) in [6.45, 7) is 0.156. The maximum Gasteiger partial charge on any atom is 0.326 e. The van der Waals surface area contributed by atoms with E-state index in [-0.39, 0.29) is 50.4 Å². The van der Waals surface area contributed by atoms with Crippen molar-refractivity contribution in [1.82, 2.24) is 16.0 Å². The first-order valence-corrected chi connectivity index (χ1v) is 12.4. The maximum atomic E-state index is 13.0. The molecule has 0 saturated heterocycles. The van der Waals surface area contributed by atoms with Gasteiger partial charge in [-0.25, -0.2) is 4.79 Å². The average Bonchev–Trinajstić information content (AvgIpc) is 2.87. The summed E-state index contributed by atoms with van der Waals surface area (Å²) in [5.74, 6) is -4.99. The molecule has 14 nitrogen and oxygen atoms in total. The normalized spacial score (nSPS) is 13.7. The third-order valence-corrected chi connectivity index (χ3v) is 5.66. The van der Waals surface area contributed by atoms with Crippen LogP contribution < -0.4 is 33.2 Å². The van der Waals surface area contributed by atoms with Crippen molar-refractivity contribution in [3.8, 4) is 0 Å². The minimum absolute atomic E-state index is 0.0207. The molecule has 11 N–H and O–H groups in total. The number of benzene rings is 1. The lowest BCUT2D eigenvalue weighted by Gasteiger charge is -2.24. The average molecular weight is 554 g/mol. The molecule has 0 radical (unpaired) electrons. The summed E-state index contributed by atoms with van der Waals surface area (Å²) in [6, 6.07) is 3.86. The van der Waals surface area contributed by atoms with E-state index in [1.54, 1.807) is 30.3 Å². The Hall–Kier alpha value is -3.85. The molecule has 15 heteroatoms. The van der Waals surface area contributed by atoms with Gasteiger partial charge in [0.1, 0.15) is 18.1 Å². The van der Waals surface area contributed by atoms with E-state index in [0.29, 0.717) is 5.56 Å². The summed E-state index contributed by atoms with van der Waals surface area (Å²) in [5.41, 5.74) is 17.0. The molecule has 4 atom stereocenters. The summed E-state index contributed by atoms with van der Waals surface area (Å²) >= 11 is 4.10. The van der Waals surface area contributed by atoms with Crippen molar-refractivity contribution in [1.29, 1.82) is 0 Å². The monoisotopic (exact) mass is 553 g/mol. The molecule has 210 valence electrons. The number of carbonyl (C=O) groups excluding carboxylic acids is 3. The van der Waals surface area contributed by atoms with Crippen LogP contribution in [-0.4, -0.2) is 82.3 Å². The lowest BCUT2D eigenvalue weighted by molar-refractivity contribution is -0.142. The molecule has 38 heavy (non-hydrogen) atoms. The molecule has 0 bridgehead atoms. The fraction of sp³-hybridized carbons (Fsp3) is 0.478. The van der Waals surface area contributed by atoms with Gasteiger partial charge in [0.15, 0.2) is 5.96 Å². The van der Waals surface area contributed by atoms with Crippen LogP contribution in [0.5, 0.6) is 0 Å². The van der Waals surface area contributed by atoms with Crippen LogP contribution >= 0.6 is 12.6 Å². The number of rotatable bonds is 17. The van der Waals surface area contributed by atoms with E-state index in [4.69, 9.17) is 22.3 Å². The number of nitrogens with two attached hydrogens (primary N) is 3. The summed E-state index contributed by atoms with van der Waals surface area (Å²) < 4.78 is 0. The highest BCUT2D eigenvalue weighted by atomic mass is 32.1. The molecule has 0 aliphatic rings. The molecular formula is C23H35N7O7S. The number of nitrogens with one attached hydrogen (secondary N) is 3. The van der Waals surface area contributed by atoms with Gasteiger partial charge in [-0.05, 0) is 24.8 Å². The number of guanidine groups is 1. The van der Waals surface area contributed by atoms with Crippen LogP contribution in [0.4, 0.5) is 0 Å². The van der Waals surface area contributed by atoms with Crippen molar-refractivity contribution in [3.05, 3.63) is 35.9 Å². The predicted octanol–water partition coefficient (Wildman–Crippen LogP) is -2.06. The minimum atomic E-state index is -1.26. The van der Waals surface area contributed by atoms with E-state index in [9.17, 15) is 29.1 Å². The summed E-state index contributed by atoms with van der Waals surface area (Å²) in [6.07, 6.45) is -0.134. The number of hydrogen-bond donors (Lipinski definition) is 9. The fourth-order valence-corrected chi connectivity index (χ4v) is 3.51. The molecule has 0 heterocycles. The Labute approximate surface area is 225 Å². The maximum absolute atomic E-state index is 13.0. The fourth-order valence-electron chi connectivity index (χ4n) is 3.25. The van der Waals surface area contributed by atoms with E-state index >= 15 is 0 Å². The van der Waals surface area contributed by atoms with Crippen LogP contribution in [0.1, 0.15) is 31.2 Å². The Morgan fingerprint density at radius 1 is 0.868 bits per heavy atom. The number of amides is 3. The van der Waals surface area contributed by atoms with E-state index in [2.05, 4.69) is 33.6 Å². The Balaban J connectivity index is 2.90. The molecule has 0 saturated carbocycles. The summed E-state index contributed by atoms with van der Waals surface area (Å²) in [5, 5.41) is 25.7. The highest BCUT2D eigenvalue weighted by Gasteiger charge is 2.29. The molecule has 0 aliphatic heterocycles. The number of aliphatic carboxylic acids is 2. The molecule has 0 fully saturated rings. The minimum Gasteiger partial charge on any atom is -0.481 e. The van der Waals surface area contributed by atoms with Crippen LogP contribution in [0.3, 0.4) is 0 Å². The van der Waals surface area contributed by atoms with Gasteiger partial charge in [-0.2, -0.15) is 12.6 Å². The number of carboxylic acid groups (broad SMARTS) is 2. The molecule has 0 aromatic heterocycles. The van der Waals surface area contributed by atoms with Crippen LogP contribution in [0, 0.1) is 0 Å². The number of hydrogen-bond acceptors (Lipinski definition) is 8. The van der Waals surface area contributed by atoms with Crippen molar-refractivity contribution < 1.29 is 34.2 Å². The first-order valence-electron chi connectivity index (χ1n) is 11.8. The predicted molar refractivity (Wildman–Crippen MR) is 142 cm³/mol. The smallest absolute Gasteiger partial charge is 0.326 e. The second-order valence-electron chi connectivity index (χ2n) is 8.38. The second kappa shape index (κ2) is 16.8. The van der Waals surface area contributed by atoms with E-state index in [1.165, 1.54) is 0 Å². The number of thiol groups is 1. The molecule has 0 spiro atoms. The summed E-state index contributed by atoms with van der Waals surface area (Å²) in [7, 11) is 0. The van der Waals surface area contributed by atoms with Gasteiger partial charge in [0.05, 0.1) is 6.04 Å². The first-order chi connectivity index (χ1) is 17.9.